The summed E-state index contributed by atoms with van der Waals surface area (Å²) in [4.78, 5) is 22.3. The average Bonchev–Trinajstić information content (AvgIpc) is 2.46. The third-order valence-electron chi connectivity index (χ3n) is 3.18. The molecule has 7 heteroatoms. The molecule has 1 aromatic rings. The van der Waals surface area contributed by atoms with E-state index in [4.69, 9.17) is 4.74 Å². The third kappa shape index (κ3) is 3.52. The van der Waals surface area contributed by atoms with Gasteiger partial charge < -0.3 is 15.4 Å². The second kappa shape index (κ2) is 6.44. The van der Waals surface area contributed by atoms with Gasteiger partial charge in [0, 0.05) is 36.3 Å². The fourth-order valence-corrected chi connectivity index (χ4v) is 2.02. The molecule has 7 nitrogen and oxygen atoms in total. The molecule has 20 heavy (non-hydrogen) atoms. The van der Waals surface area contributed by atoms with E-state index < -0.39 is 4.92 Å². The van der Waals surface area contributed by atoms with Crippen LogP contribution in [0.2, 0.25) is 0 Å². The number of amides is 1. The predicted octanol–water partition coefficient (Wildman–Crippen LogP) is 0.621. The second-order valence-electron chi connectivity index (χ2n) is 4.69. The van der Waals surface area contributed by atoms with E-state index in [1.807, 2.05) is 0 Å². The SMILES string of the molecule is Cc1ccc(C(=O)NCC2COCCN2)cc1[N+](=O)[O-]. The van der Waals surface area contributed by atoms with E-state index in [1.165, 1.54) is 6.07 Å². The predicted molar refractivity (Wildman–Crippen MR) is 72.8 cm³/mol. The smallest absolute Gasteiger partial charge is 0.273 e. The molecule has 1 atom stereocenters. The molecule has 0 bridgehead atoms. The fourth-order valence-electron chi connectivity index (χ4n) is 2.02. The Morgan fingerprint density at radius 1 is 1.60 bits per heavy atom. The second-order valence-corrected chi connectivity index (χ2v) is 4.69. The zero-order valence-electron chi connectivity index (χ0n) is 11.2. The fraction of sp³-hybridized carbons (Fsp3) is 0.462. The largest absolute Gasteiger partial charge is 0.378 e. The highest BCUT2D eigenvalue weighted by molar-refractivity contribution is 5.95. The lowest BCUT2D eigenvalue weighted by atomic mass is 10.1. The number of nitrogens with zero attached hydrogens (tertiary/aromatic N) is 1. The first-order chi connectivity index (χ1) is 9.58. The van der Waals surface area contributed by atoms with Crippen molar-refractivity contribution >= 4 is 11.6 Å². The highest BCUT2D eigenvalue weighted by atomic mass is 16.6. The van der Waals surface area contributed by atoms with Gasteiger partial charge in [-0.1, -0.05) is 6.07 Å². The molecule has 2 N–H and O–H groups in total. The molecule has 1 amide bonds. The number of morpholine rings is 1. The number of rotatable bonds is 4. The lowest BCUT2D eigenvalue weighted by molar-refractivity contribution is -0.385. The third-order valence-corrected chi connectivity index (χ3v) is 3.18. The van der Waals surface area contributed by atoms with Crippen LogP contribution in [0.4, 0.5) is 5.69 Å². The number of hydrogen-bond acceptors (Lipinski definition) is 5. The first-order valence-corrected chi connectivity index (χ1v) is 6.42. The Labute approximate surface area is 116 Å². The van der Waals surface area contributed by atoms with E-state index in [9.17, 15) is 14.9 Å². The van der Waals surface area contributed by atoms with Gasteiger partial charge in [-0.3, -0.25) is 14.9 Å². The number of nitrogens with one attached hydrogen (secondary N) is 2. The molecule has 0 aromatic heterocycles. The van der Waals surface area contributed by atoms with Crippen molar-refractivity contribution in [3.8, 4) is 0 Å². The summed E-state index contributed by atoms with van der Waals surface area (Å²) >= 11 is 0. The van der Waals surface area contributed by atoms with Gasteiger partial charge >= 0.3 is 0 Å². The number of ether oxygens (including phenoxy) is 1. The minimum atomic E-state index is -0.483. The van der Waals surface area contributed by atoms with Gasteiger partial charge in [0.05, 0.1) is 18.1 Å². The van der Waals surface area contributed by atoms with Gasteiger partial charge in [-0.2, -0.15) is 0 Å². The van der Waals surface area contributed by atoms with Crippen molar-refractivity contribution in [2.75, 3.05) is 26.3 Å². The van der Waals surface area contributed by atoms with E-state index in [0.717, 1.165) is 6.54 Å². The zero-order chi connectivity index (χ0) is 14.5. The van der Waals surface area contributed by atoms with Crippen LogP contribution in [0.1, 0.15) is 15.9 Å². The summed E-state index contributed by atoms with van der Waals surface area (Å²) in [6.07, 6.45) is 0. The molecule has 0 saturated carbocycles. The number of benzene rings is 1. The number of hydrogen-bond donors (Lipinski definition) is 2. The Morgan fingerprint density at radius 2 is 2.40 bits per heavy atom. The molecule has 1 saturated heterocycles. The van der Waals surface area contributed by atoms with Crippen molar-refractivity contribution in [3.63, 3.8) is 0 Å². The van der Waals surface area contributed by atoms with Gasteiger partial charge in [0.1, 0.15) is 0 Å². The molecular formula is C13H17N3O4. The summed E-state index contributed by atoms with van der Waals surface area (Å²) in [5.41, 5.74) is 0.782. The van der Waals surface area contributed by atoms with Crippen molar-refractivity contribution in [3.05, 3.63) is 39.4 Å². The highest BCUT2D eigenvalue weighted by Crippen LogP contribution is 2.19. The van der Waals surface area contributed by atoms with E-state index in [-0.39, 0.29) is 17.6 Å². The van der Waals surface area contributed by atoms with Crippen molar-refractivity contribution in [1.29, 1.82) is 0 Å². The number of aryl methyl sites for hydroxylation is 1. The van der Waals surface area contributed by atoms with Crippen molar-refractivity contribution in [2.24, 2.45) is 0 Å². The minimum Gasteiger partial charge on any atom is -0.378 e. The van der Waals surface area contributed by atoms with Crippen molar-refractivity contribution in [1.82, 2.24) is 10.6 Å². The number of nitro groups is 1. The lowest BCUT2D eigenvalue weighted by Crippen LogP contribution is -2.48. The number of nitro benzene ring substituents is 1. The van der Waals surface area contributed by atoms with Gasteiger partial charge in [0.2, 0.25) is 0 Å². The van der Waals surface area contributed by atoms with Crippen LogP contribution in [0, 0.1) is 17.0 Å². The first kappa shape index (κ1) is 14.4. The van der Waals surface area contributed by atoms with Crippen LogP contribution >= 0.6 is 0 Å². The highest BCUT2D eigenvalue weighted by Gasteiger charge is 2.17. The Kier molecular flexibility index (Phi) is 4.65. The monoisotopic (exact) mass is 279 g/mol. The standard InChI is InChI=1S/C13H17N3O4/c1-9-2-3-10(6-12(9)16(18)19)13(17)15-7-11-8-20-5-4-14-11/h2-3,6,11,14H,4-5,7-8H2,1H3,(H,15,17). The summed E-state index contributed by atoms with van der Waals surface area (Å²) in [5.74, 6) is -0.319. The summed E-state index contributed by atoms with van der Waals surface area (Å²) in [6, 6.07) is 4.54. The maximum absolute atomic E-state index is 12.0. The Hall–Kier alpha value is -1.99. The van der Waals surface area contributed by atoms with Crippen LogP contribution in [-0.2, 0) is 4.74 Å². The number of carbonyl (C=O) groups is 1. The molecule has 1 aliphatic heterocycles. The molecule has 108 valence electrons. The molecule has 0 spiro atoms. The van der Waals surface area contributed by atoms with Crippen LogP contribution < -0.4 is 10.6 Å². The van der Waals surface area contributed by atoms with E-state index >= 15 is 0 Å². The molecule has 1 heterocycles. The maximum Gasteiger partial charge on any atom is 0.273 e. The summed E-state index contributed by atoms with van der Waals surface area (Å²) in [7, 11) is 0. The summed E-state index contributed by atoms with van der Waals surface area (Å²) in [6.45, 7) is 4.06. The molecular weight excluding hydrogens is 262 g/mol. The Bertz CT molecular complexity index is 512. The van der Waals surface area contributed by atoms with Crippen LogP contribution in [-0.4, -0.2) is 43.2 Å². The topological polar surface area (TPSA) is 93.5 Å². The van der Waals surface area contributed by atoms with E-state index in [1.54, 1.807) is 19.1 Å². The van der Waals surface area contributed by atoms with Crippen LogP contribution in [0.5, 0.6) is 0 Å². The first-order valence-electron chi connectivity index (χ1n) is 6.42. The molecule has 0 radical (unpaired) electrons. The Morgan fingerprint density at radius 3 is 3.05 bits per heavy atom. The number of carbonyl (C=O) groups excluding carboxylic acids is 1. The molecule has 2 rings (SSSR count). The quantitative estimate of drug-likeness (QED) is 0.622. The van der Waals surface area contributed by atoms with Crippen LogP contribution in [0.3, 0.4) is 0 Å². The molecule has 1 aliphatic rings. The van der Waals surface area contributed by atoms with E-state index in [0.29, 0.717) is 30.9 Å². The summed E-state index contributed by atoms with van der Waals surface area (Å²) < 4.78 is 5.28. The van der Waals surface area contributed by atoms with Crippen molar-refractivity contribution in [2.45, 2.75) is 13.0 Å². The normalized spacial score (nSPS) is 18.6. The maximum atomic E-state index is 12.0. The van der Waals surface area contributed by atoms with Gasteiger partial charge in [-0.15, -0.1) is 0 Å². The van der Waals surface area contributed by atoms with Gasteiger partial charge in [0.15, 0.2) is 0 Å². The molecule has 1 unspecified atom stereocenters. The minimum absolute atomic E-state index is 0.0447. The van der Waals surface area contributed by atoms with Gasteiger partial charge in [-0.25, -0.2) is 0 Å². The summed E-state index contributed by atoms with van der Waals surface area (Å²) in [5, 5.41) is 16.8. The average molecular weight is 279 g/mol. The van der Waals surface area contributed by atoms with E-state index in [2.05, 4.69) is 10.6 Å². The molecule has 0 aliphatic carbocycles. The van der Waals surface area contributed by atoms with Crippen LogP contribution in [0.25, 0.3) is 0 Å². The van der Waals surface area contributed by atoms with Gasteiger partial charge in [-0.05, 0) is 13.0 Å². The lowest BCUT2D eigenvalue weighted by Gasteiger charge is -2.23. The molecule has 1 fully saturated rings. The Balaban J connectivity index is 1.98. The van der Waals surface area contributed by atoms with Gasteiger partial charge in [0.25, 0.3) is 11.6 Å². The van der Waals surface area contributed by atoms with Crippen molar-refractivity contribution < 1.29 is 14.5 Å². The van der Waals surface area contributed by atoms with Crippen LogP contribution in [0.15, 0.2) is 18.2 Å². The zero-order valence-corrected chi connectivity index (χ0v) is 11.2. The molecule has 1 aromatic carbocycles.